The van der Waals surface area contributed by atoms with Gasteiger partial charge in [-0.15, -0.1) is 12.4 Å². The van der Waals surface area contributed by atoms with E-state index in [1.807, 2.05) is 30.3 Å². The first-order chi connectivity index (χ1) is 13.3. The molecule has 142 valence electrons. The molecule has 0 saturated heterocycles. The predicted molar refractivity (Wildman–Crippen MR) is 129 cm³/mol. The summed E-state index contributed by atoms with van der Waals surface area (Å²) in [4.78, 5) is 0. The maximum atomic E-state index is 5.54. The van der Waals surface area contributed by atoms with Crippen LogP contribution in [0.25, 0.3) is 0 Å². The second-order valence-electron chi connectivity index (χ2n) is 6.10. The van der Waals surface area contributed by atoms with Crippen LogP contribution >= 0.6 is 31.9 Å². The molecular weight excluding hydrogens is 402 g/mol. The lowest BCUT2D eigenvalue weighted by Crippen LogP contribution is -2.21. The average molecular weight is 425 g/mol. The highest BCUT2D eigenvalue weighted by Crippen LogP contribution is 2.44. The molecule has 0 saturated carbocycles. The zero-order valence-electron chi connectivity index (χ0n) is 15.5. The largest absolute Gasteiger partial charge is 0.147 e. The van der Waals surface area contributed by atoms with Crippen molar-refractivity contribution in [3.8, 4) is 0 Å². The van der Waals surface area contributed by atoms with Gasteiger partial charge < -0.3 is 0 Å². The molecule has 3 heteroatoms. The normalized spacial score (nSPS) is 14.8. The summed E-state index contributed by atoms with van der Waals surface area (Å²) in [6.45, 7) is 4.25. The van der Waals surface area contributed by atoms with E-state index >= 15 is 0 Å². The van der Waals surface area contributed by atoms with E-state index in [9.17, 15) is 0 Å². The molecular formula is C25H23Cl2P. The maximum absolute atomic E-state index is 5.54. The number of hydrogen-bond donors (Lipinski definition) is 0. The molecule has 0 spiro atoms. The molecule has 0 heterocycles. The zero-order chi connectivity index (χ0) is 18.9. The lowest BCUT2D eigenvalue weighted by molar-refractivity contribution is 1.28. The van der Waals surface area contributed by atoms with Gasteiger partial charge in [-0.2, -0.15) is 0 Å². The van der Waals surface area contributed by atoms with Crippen LogP contribution in [0.3, 0.4) is 0 Å². The summed E-state index contributed by atoms with van der Waals surface area (Å²) in [6.07, 6.45) is 8.63. The van der Waals surface area contributed by atoms with E-state index in [1.54, 1.807) is 0 Å². The molecule has 0 radical (unpaired) electrons. The summed E-state index contributed by atoms with van der Waals surface area (Å²) in [6, 6.07) is 31.0. The summed E-state index contributed by atoms with van der Waals surface area (Å²) < 4.78 is 0. The highest BCUT2D eigenvalue weighted by Gasteiger charge is 2.24. The van der Waals surface area contributed by atoms with Gasteiger partial charge in [0.1, 0.15) is 0 Å². The van der Waals surface area contributed by atoms with E-state index < -0.39 is 7.92 Å². The van der Waals surface area contributed by atoms with Crippen LogP contribution in [0.2, 0.25) is 5.02 Å². The van der Waals surface area contributed by atoms with Gasteiger partial charge >= 0.3 is 0 Å². The molecule has 3 aromatic rings. The highest BCUT2D eigenvalue weighted by atomic mass is 35.5. The lowest BCUT2D eigenvalue weighted by Gasteiger charge is -2.28. The Balaban J connectivity index is 0.000000298. The van der Waals surface area contributed by atoms with Crippen LogP contribution in [0.5, 0.6) is 0 Å². The van der Waals surface area contributed by atoms with Gasteiger partial charge in [-0.1, -0.05) is 121 Å². The Kier molecular flexibility index (Phi) is 9.24. The SMILES string of the molecule is C=C1C=CC=CC1P(c1ccccc1)c1ccccc1.Cl.Clc1ccccc1. The molecule has 0 aliphatic heterocycles. The summed E-state index contributed by atoms with van der Waals surface area (Å²) in [5.41, 5.74) is 1.59. The van der Waals surface area contributed by atoms with Crippen molar-refractivity contribution in [2.75, 3.05) is 0 Å². The molecule has 1 atom stereocenters. The number of rotatable bonds is 3. The third kappa shape index (κ3) is 6.21. The number of hydrogen-bond acceptors (Lipinski definition) is 0. The molecule has 1 aliphatic carbocycles. The first-order valence-corrected chi connectivity index (χ1v) is 10.7. The predicted octanol–water partition coefficient (Wildman–Crippen LogP) is 6.93. The molecule has 0 bridgehead atoms. The smallest absolute Gasteiger partial charge is 0.0405 e. The molecule has 0 N–H and O–H groups in total. The minimum atomic E-state index is -0.446. The van der Waals surface area contributed by atoms with Gasteiger partial charge in [-0.25, -0.2) is 0 Å². The first-order valence-electron chi connectivity index (χ1n) is 8.89. The van der Waals surface area contributed by atoms with Gasteiger partial charge in [0, 0.05) is 10.7 Å². The second kappa shape index (κ2) is 11.7. The standard InChI is InChI=1S/C19H17P.C6H5Cl.ClH/c1-16-10-8-9-15-19(16)20(17-11-4-2-5-12-17)18-13-6-3-7-14-18;7-6-4-2-1-3-5-6;/h2-15,19H,1H2;1-5H;1H. The minimum Gasteiger partial charge on any atom is -0.147 e. The van der Waals surface area contributed by atoms with Gasteiger partial charge in [0.2, 0.25) is 0 Å². The fourth-order valence-corrected chi connectivity index (χ4v) is 5.65. The van der Waals surface area contributed by atoms with Gasteiger partial charge in [0.05, 0.1) is 0 Å². The molecule has 1 unspecified atom stereocenters. The van der Waals surface area contributed by atoms with Crippen molar-refractivity contribution < 1.29 is 0 Å². The van der Waals surface area contributed by atoms with E-state index in [0.717, 1.165) is 5.02 Å². The molecule has 4 rings (SSSR count). The van der Waals surface area contributed by atoms with Crippen LogP contribution in [-0.4, -0.2) is 5.66 Å². The molecule has 0 aromatic heterocycles. The van der Waals surface area contributed by atoms with Crippen LogP contribution in [0, 0.1) is 0 Å². The Morgan fingerprint density at radius 3 is 1.54 bits per heavy atom. The van der Waals surface area contributed by atoms with Gasteiger partial charge in [0.25, 0.3) is 0 Å². The number of benzene rings is 3. The van der Waals surface area contributed by atoms with Crippen LogP contribution in [0.1, 0.15) is 0 Å². The van der Waals surface area contributed by atoms with Crippen molar-refractivity contribution >= 4 is 42.5 Å². The maximum Gasteiger partial charge on any atom is 0.0405 e. The van der Waals surface area contributed by atoms with Crippen molar-refractivity contribution in [2.45, 2.75) is 5.66 Å². The number of halogens is 2. The van der Waals surface area contributed by atoms with Crippen molar-refractivity contribution in [2.24, 2.45) is 0 Å². The van der Waals surface area contributed by atoms with Crippen molar-refractivity contribution in [1.82, 2.24) is 0 Å². The Labute approximate surface area is 180 Å². The van der Waals surface area contributed by atoms with Gasteiger partial charge in [-0.3, -0.25) is 0 Å². The van der Waals surface area contributed by atoms with E-state index in [4.69, 9.17) is 11.6 Å². The fourth-order valence-electron chi connectivity index (χ4n) is 2.88. The Morgan fingerprint density at radius 1 is 0.679 bits per heavy atom. The van der Waals surface area contributed by atoms with Crippen LogP contribution in [0.4, 0.5) is 0 Å². The summed E-state index contributed by atoms with van der Waals surface area (Å²) in [7, 11) is -0.446. The van der Waals surface area contributed by atoms with Crippen LogP contribution < -0.4 is 10.6 Å². The Morgan fingerprint density at radius 2 is 1.14 bits per heavy atom. The first kappa shape index (κ1) is 22.2. The monoisotopic (exact) mass is 424 g/mol. The van der Waals surface area contributed by atoms with E-state index in [1.165, 1.54) is 16.2 Å². The van der Waals surface area contributed by atoms with E-state index in [0.29, 0.717) is 5.66 Å². The van der Waals surface area contributed by atoms with Gasteiger partial charge in [0.15, 0.2) is 0 Å². The molecule has 0 fully saturated rings. The average Bonchev–Trinajstić information content (AvgIpc) is 2.72. The fraction of sp³-hybridized carbons (Fsp3) is 0.0400. The van der Waals surface area contributed by atoms with Crippen LogP contribution in [0.15, 0.2) is 127 Å². The second-order valence-corrected chi connectivity index (χ2v) is 8.87. The zero-order valence-corrected chi connectivity index (χ0v) is 18.0. The summed E-state index contributed by atoms with van der Waals surface area (Å²) >= 11 is 5.54. The number of allylic oxidation sites excluding steroid dienone is 5. The van der Waals surface area contributed by atoms with E-state index in [2.05, 4.69) is 91.5 Å². The lowest BCUT2D eigenvalue weighted by atomic mass is 10.1. The molecule has 0 nitrogen and oxygen atoms in total. The Hall–Kier alpha value is -2.11. The highest BCUT2D eigenvalue weighted by molar-refractivity contribution is 7.74. The third-order valence-electron chi connectivity index (χ3n) is 4.17. The summed E-state index contributed by atoms with van der Waals surface area (Å²) in [5.74, 6) is 0. The van der Waals surface area contributed by atoms with Gasteiger partial charge in [-0.05, 0) is 36.2 Å². The quantitative estimate of drug-likeness (QED) is 0.399. The minimum absolute atomic E-state index is 0. The van der Waals surface area contributed by atoms with Crippen molar-refractivity contribution in [3.63, 3.8) is 0 Å². The van der Waals surface area contributed by atoms with Crippen molar-refractivity contribution in [1.29, 1.82) is 0 Å². The molecule has 1 aliphatic rings. The summed E-state index contributed by atoms with van der Waals surface area (Å²) in [5, 5.41) is 3.60. The van der Waals surface area contributed by atoms with Crippen LogP contribution in [-0.2, 0) is 0 Å². The Bertz CT molecular complexity index is 864. The molecule has 3 aromatic carbocycles. The molecule has 0 amide bonds. The third-order valence-corrected chi connectivity index (χ3v) is 7.20. The topological polar surface area (TPSA) is 0 Å². The van der Waals surface area contributed by atoms with Crippen molar-refractivity contribution in [3.05, 3.63) is 132 Å². The van der Waals surface area contributed by atoms with E-state index in [-0.39, 0.29) is 12.4 Å². The molecule has 28 heavy (non-hydrogen) atoms.